The van der Waals surface area contributed by atoms with E-state index in [0.29, 0.717) is 11.4 Å². The second-order valence-corrected chi connectivity index (χ2v) is 12.7. The fourth-order valence-electron chi connectivity index (χ4n) is 3.65. The fourth-order valence-corrected chi connectivity index (χ4v) is 7.67. The van der Waals surface area contributed by atoms with E-state index in [2.05, 4.69) is 15.0 Å². The van der Waals surface area contributed by atoms with Crippen molar-refractivity contribution >= 4 is 47.1 Å². The average Bonchev–Trinajstić information content (AvgIpc) is 3.13. The largest absolute Gasteiger partial charge is 0.264 e. The van der Waals surface area contributed by atoms with E-state index in [9.17, 15) is 16.8 Å². The Morgan fingerprint density at radius 3 is 2.53 bits per heavy atom. The van der Waals surface area contributed by atoms with Gasteiger partial charge in [0.2, 0.25) is 0 Å². The number of anilines is 1. The molecule has 0 amide bonds. The van der Waals surface area contributed by atoms with Crippen LogP contribution in [0, 0.1) is 13.8 Å². The molecule has 1 aliphatic heterocycles. The van der Waals surface area contributed by atoms with Crippen molar-refractivity contribution < 1.29 is 16.8 Å². The maximum atomic E-state index is 13.6. The lowest BCUT2D eigenvalue weighted by Gasteiger charge is -2.30. The monoisotopic (exact) mass is 486 g/mol. The zero-order chi connectivity index (χ0) is 22.7. The minimum Gasteiger partial charge on any atom is -0.264 e. The van der Waals surface area contributed by atoms with Crippen molar-refractivity contribution in [2.75, 3.05) is 16.6 Å². The van der Waals surface area contributed by atoms with Crippen LogP contribution in [0.2, 0.25) is 0 Å². The Hall–Kier alpha value is -2.89. The number of hydrogen-bond acceptors (Lipinski definition) is 8. The van der Waals surface area contributed by atoms with Crippen molar-refractivity contribution in [1.82, 2.24) is 15.0 Å². The van der Waals surface area contributed by atoms with Gasteiger partial charge < -0.3 is 0 Å². The van der Waals surface area contributed by atoms with Gasteiger partial charge in [0.05, 0.1) is 36.5 Å². The maximum absolute atomic E-state index is 13.6. The van der Waals surface area contributed by atoms with Gasteiger partial charge in [-0.3, -0.25) is 4.31 Å². The highest BCUT2D eigenvalue weighted by atomic mass is 32.2. The van der Waals surface area contributed by atoms with Crippen LogP contribution in [0.1, 0.15) is 10.6 Å². The molecule has 3 heterocycles. The number of fused-ring (bicyclic) bond motifs is 2. The summed E-state index contributed by atoms with van der Waals surface area (Å²) in [4.78, 5) is 13.0. The second kappa shape index (κ2) is 7.32. The van der Waals surface area contributed by atoms with Crippen molar-refractivity contribution in [1.29, 1.82) is 0 Å². The number of rotatable bonds is 3. The molecule has 32 heavy (non-hydrogen) atoms. The highest BCUT2D eigenvalue weighted by Gasteiger charge is 2.36. The first-order chi connectivity index (χ1) is 15.1. The summed E-state index contributed by atoms with van der Waals surface area (Å²) in [6, 6.07) is 9.33. The molecule has 5 rings (SSSR count). The molecule has 4 aromatic rings. The van der Waals surface area contributed by atoms with Gasteiger partial charge in [0, 0.05) is 24.5 Å². The third-order valence-electron chi connectivity index (χ3n) is 5.22. The molecule has 0 radical (unpaired) electrons. The van der Waals surface area contributed by atoms with Crippen molar-refractivity contribution in [2.45, 2.75) is 23.6 Å². The number of hydrogen-bond donors (Lipinski definition) is 0. The van der Waals surface area contributed by atoms with E-state index in [0.717, 1.165) is 25.1 Å². The van der Waals surface area contributed by atoms with Crippen LogP contribution < -0.4 is 4.31 Å². The van der Waals surface area contributed by atoms with E-state index in [-0.39, 0.29) is 27.8 Å². The molecule has 2 aromatic carbocycles. The number of sulfone groups is 1. The molecule has 1 aliphatic rings. The standard InChI is InChI=1S/C21H18N4O4S3/c1-13-11-22-21(23-12-13)15-3-6-20-18(9-15)25(7-8-31(20,26)27)32(28,29)16-4-5-17-19(10-16)30-14(2)24-17/h3-6,9-12H,7-8H2,1-2H3. The van der Waals surface area contributed by atoms with Crippen LogP contribution in [-0.4, -0.2) is 44.1 Å². The minimum atomic E-state index is -4.01. The first kappa shape index (κ1) is 21.0. The van der Waals surface area contributed by atoms with Crippen molar-refractivity contribution in [3.63, 3.8) is 0 Å². The first-order valence-electron chi connectivity index (χ1n) is 9.71. The molecule has 8 nitrogen and oxygen atoms in total. The summed E-state index contributed by atoms with van der Waals surface area (Å²) in [6.07, 6.45) is 3.30. The van der Waals surface area contributed by atoms with Crippen LogP contribution in [0.4, 0.5) is 5.69 Å². The predicted molar refractivity (Wildman–Crippen MR) is 123 cm³/mol. The van der Waals surface area contributed by atoms with E-state index in [4.69, 9.17) is 0 Å². The Kier molecular flexibility index (Phi) is 4.80. The highest BCUT2D eigenvalue weighted by Crippen LogP contribution is 2.37. The SMILES string of the molecule is Cc1cnc(-c2ccc3c(c2)N(S(=O)(=O)c2ccc4nc(C)sc4c2)CCS3(=O)=O)nc1. The van der Waals surface area contributed by atoms with E-state index >= 15 is 0 Å². The van der Waals surface area contributed by atoms with Gasteiger partial charge in [0.1, 0.15) is 0 Å². The number of nitrogens with zero attached hydrogens (tertiary/aromatic N) is 4. The lowest BCUT2D eigenvalue weighted by atomic mass is 10.2. The Labute approximate surface area is 189 Å². The second-order valence-electron chi connectivity index (χ2n) is 7.52. The molecule has 0 saturated carbocycles. The molecule has 0 atom stereocenters. The molecule has 0 fully saturated rings. The zero-order valence-electron chi connectivity index (χ0n) is 17.2. The summed E-state index contributed by atoms with van der Waals surface area (Å²) >= 11 is 1.41. The Morgan fingerprint density at radius 1 is 1.03 bits per heavy atom. The van der Waals surface area contributed by atoms with Gasteiger partial charge in [-0.1, -0.05) is 0 Å². The van der Waals surface area contributed by atoms with Crippen LogP contribution in [0.5, 0.6) is 0 Å². The van der Waals surface area contributed by atoms with Crippen molar-refractivity contribution in [3.8, 4) is 11.4 Å². The quantitative estimate of drug-likeness (QED) is 0.437. The molecular formula is C21H18N4O4S3. The lowest BCUT2D eigenvalue weighted by molar-refractivity contribution is 0.584. The summed E-state index contributed by atoms with van der Waals surface area (Å²) in [5, 5.41) is 0.840. The normalized spacial score (nSPS) is 15.6. The number of benzene rings is 2. The Bertz CT molecular complexity index is 1580. The average molecular weight is 487 g/mol. The summed E-state index contributed by atoms with van der Waals surface area (Å²) in [6.45, 7) is 3.55. The molecule has 164 valence electrons. The zero-order valence-corrected chi connectivity index (χ0v) is 19.6. The van der Waals surface area contributed by atoms with Crippen LogP contribution in [-0.2, 0) is 19.9 Å². The van der Waals surface area contributed by atoms with Crippen LogP contribution in [0.3, 0.4) is 0 Å². The number of aromatic nitrogens is 3. The molecule has 0 unspecified atom stereocenters. The van der Waals surface area contributed by atoms with Crippen LogP contribution in [0.25, 0.3) is 21.6 Å². The van der Waals surface area contributed by atoms with Crippen molar-refractivity contribution in [3.05, 3.63) is 59.4 Å². The summed E-state index contributed by atoms with van der Waals surface area (Å²) < 4.78 is 54.5. The molecule has 0 aliphatic carbocycles. The van der Waals surface area contributed by atoms with Gasteiger partial charge in [0.15, 0.2) is 15.7 Å². The molecule has 0 spiro atoms. The van der Waals surface area contributed by atoms with E-state index < -0.39 is 19.9 Å². The molecule has 2 aromatic heterocycles. The van der Waals surface area contributed by atoms with Crippen LogP contribution in [0.15, 0.2) is 58.6 Å². The van der Waals surface area contributed by atoms with Gasteiger partial charge in [-0.25, -0.2) is 31.8 Å². The lowest BCUT2D eigenvalue weighted by Crippen LogP contribution is -2.39. The third kappa shape index (κ3) is 3.46. The molecule has 11 heteroatoms. The number of thiazole rings is 1. The Balaban J connectivity index is 1.66. The summed E-state index contributed by atoms with van der Waals surface area (Å²) in [5.74, 6) is 0.0990. The summed E-state index contributed by atoms with van der Waals surface area (Å²) in [7, 11) is -7.62. The van der Waals surface area contributed by atoms with E-state index in [1.165, 1.54) is 29.5 Å². The van der Waals surface area contributed by atoms with E-state index in [1.807, 2.05) is 13.8 Å². The van der Waals surface area contributed by atoms with Crippen LogP contribution >= 0.6 is 11.3 Å². The smallest absolute Gasteiger partial charge is 0.264 e. The molecular weight excluding hydrogens is 468 g/mol. The van der Waals surface area contributed by atoms with Gasteiger partial charge >= 0.3 is 0 Å². The van der Waals surface area contributed by atoms with E-state index in [1.54, 1.807) is 30.6 Å². The van der Waals surface area contributed by atoms with Gasteiger partial charge in [-0.15, -0.1) is 11.3 Å². The number of sulfonamides is 1. The molecule has 0 saturated heterocycles. The van der Waals surface area contributed by atoms with Crippen molar-refractivity contribution in [2.24, 2.45) is 0 Å². The Morgan fingerprint density at radius 2 is 1.78 bits per heavy atom. The minimum absolute atomic E-state index is 0.0158. The fraction of sp³-hybridized carbons (Fsp3) is 0.190. The van der Waals surface area contributed by atoms with Gasteiger partial charge in [0.25, 0.3) is 10.0 Å². The predicted octanol–water partition coefficient (Wildman–Crippen LogP) is 3.35. The topological polar surface area (TPSA) is 110 Å². The van der Waals surface area contributed by atoms with Gasteiger partial charge in [-0.2, -0.15) is 0 Å². The number of aryl methyl sites for hydroxylation is 2. The third-order valence-corrected chi connectivity index (χ3v) is 9.70. The maximum Gasteiger partial charge on any atom is 0.264 e. The summed E-state index contributed by atoms with van der Waals surface area (Å²) in [5.41, 5.74) is 2.26. The molecule has 0 bridgehead atoms. The first-order valence-corrected chi connectivity index (χ1v) is 13.6. The highest BCUT2D eigenvalue weighted by molar-refractivity contribution is 7.94. The molecule has 0 N–H and O–H groups in total. The van der Waals surface area contributed by atoms with Gasteiger partial charge in [-0.05, 0) is 55.8 Å².